The van der Waals surface area contributed by atoms with Gasteiger partial charge in [0.2, 0.25) is 0 Å². The van der Waals surface area contributed by atoms with Crippen LogP contribution in [0.3, 0.4) is 0 Å². The lowest BCUT2D eigenvalue weighted by atomic mass is 10.1. The van der Waals surface area contributed by atoms with Gasteiger partial charge in [-0.05, 0) is 43.1 Å². The van der Waals surface area contributed by atoms with Crippen molar-refractivity contribution in [1.82, 2.24) is 15.1 Å². The molecule has 1 aromatic heterocycles. The van der Waals surface area contributed by atoms with Crippen molar-refractivity contribution in [1.29, 1.82) is 0 Å². The summed E-state index contributed by atoms with van der Waals surface area (Å²) in [5, 5.41) is 9.38. The highest BCUT2D eigenvalue weighted by Crippen LogP contribution is 2.24. The maximum absolute atomic E-state index is 6.23. The Labute approximate surface area is 122 Å². The van der Waals surface area contributed by atoms with Gasteiger partial charge in [-0.2, -0.15) is 5.10 Å². The van der Waals surface area contributed by atoms with Gasteiger partial charge in [-0.1, -0.05) is 29.3 Å². The molecule has 3 nitrogen and oxygen atoms in total. The second-order valence-corrected chi connectivity index (χ2v) is 5.67. The van der Waals surface area contributed by atoms with Crippen LogP contribution in [0.15, 0.2) is 18.2 Å². The van der Waals surface area contributed by atoms with Gasteiger partial charge in [-0.25, -0.2) is 0 Å². The van der Waals surface area contributed by atoms with Crippen molar-refractivity contribution < 1.29 is 0 Å². The predicted octanol–water partition coefficient (Wildman–Crippen LogP) is 3.19. The van der Waals surface area contributed by atoms with Gasteiger partial charge in [-0.15, -0.1) is 0 Å². The Morgan fingerprint density at radius 3 is 3.00 bits per heavy atom. The smallest absolute Gasteiger partial charge is 0.0677 e. The Kier molecular flexibility index (Phi) is 3.52. The van der Waals surface area contributed by atoms with Gasteiger partial charge in [0.25, 0.3) is 0 Å². The number of fused-ring (bicyclic) bond motifs is 1. The number of halogens is 2. The molecule has 0 saturated carbocycles. The third-order valence-electron chi connectivity index (χ3n) is 3.55. The minimum atomic E-state index is 0.661. The van der Waals surface area contributed by atoms with Gasteiger partial charge < -0.3 is 5.32 Å². The maximum atomic E-state index is 6.23. The summed E-state index contributed by atoms with van der Waals surface area (Å²) < 4.78 is 2.05. The van der Waals surface area contributed by atoms with Gasteiger partial charge >= 0.3 is 0 Å². The molecule has 0 radical (unpaired) electrons. The van der Waals surface area contributed by atoms with E-state index in [1.54, 1.807) is 6.07 Å². The van der Waals surface area contributed by atoms with E-state index in [1.165, 1.54) is 11.3 Å². The van der Waals surface area contributed by atoms with Crippen molar-refractivity contribution in [3.63, 3.8) is 0 Å². The van der Waals surface area contributed by atoms with Gasteiger partial charge in [0.15, 0.2) is 0 Å². The van der Waals surface area contributed by atoms with Crippen LogP contribution in [0.25, 0.3) is 0 Å². The summed E-state index contributed by atoms with van der Waals surface area (Å²) in [5.41, 5.74) is 4.82. The third kappa shape index (κ3) is 2.50. The van der Waals surface area contributed by atoms with Crippen LogP contribution >= 0.6 is 23.2 Å². The maximum Gasteiger partial charge on any atom is 0.0677 e. The van der Waals surface area contributed by atoms with Crippen molar-refractivity contribution in [3.05, 3.63) is 50.8 Å². The minimum Gasteiger partial charge on any atom is -0.311 e. The number of aromatic nitrogens is 2. The lowest BCUT2D eigenvalue weighted by Crippen LogP contribution is -2.25. The summed E-state index contributed by atoms with van der Waals surface area (Å²) >= 11 is 12.2. The molecule has 2 aromatic rings. The van der Waals surface area contributed by atoms with Crippen LogP contribution in [0.4, 0.5) is 0 Å². The molecule has 1 N–H and O–H groups in total. The average Bonchev–Trinajstić information content (AvgIpc) is 2.71. The summed E-state index contributed by atoms with van der Waals surface area (Å²) in [5.74, 6) is 0. The van der Waals surface area contributed by atoms with Crippen LogP contribution in [0.1, 0.15) is 22.5 Å². The molecule has 0 fully saturated rings. The van der Waals surface area contributed by atoms with E-state index in [4.69, 9.17) is 23.2 Å². The van der Waals surface area contributed by atoms with Gasteiger partial charge in [0, 0.05) is 16.6 Å². The van der Waals surface area contributed by atoms with Crippen LogP contribution in [0.2, 0.25) is 10.0 Å². The fourth-order valence-corrected chi connectivity index (χ4v) is 3.02. The van der Waals surface area contributed by atoms with Gasteiger partial charge in [-0.3, -0.25) is 4.68 Å². The zero-order valence-electron chi connectivity index (χ0n) is 10.7. The van der Waals surface area contributed by atoms with Crippen molar-refractivity contribution in [2.24, 2.45) is 0 Å². The molecule has 5 heteroatoms. The zero-order valence-corrected chi connectivity index (χ0v) is 12.2. The first-order valence-corrected chi connectivity index (χ1v) is 7.10. The molecule has 2 heterocycles. The number of hydrogen-bond acceptors (Lipinski definition) is 2. The molecule has 0 atom stereocenters. The quantitative estimate of drug-likeness (QED) is 0.922. The first-order chi connectivity index (χ1) is 9.15. The molecule has 3 rings (SSSR count). The van der Waals surface area contributed by atoms with E-state index < -0.39 is 0 Å². The van der Waals surface area contributed by atoms with E-state index in [-0.39, 0.29) is 0 Å². The van der Waals surface area contributed by atoms with Crippen LogP contribution < -0.4 is 5.32 Å². The second-order valence-electron chi connectivity index (χ2n) is 4.83. The summed E-state index contributed by atoms with van der Waals surface area (Å²) in [6, 6.07) is 5.60. The van der Waals surface area contributed by atoms with E-state index in [9.17, 15) is 0 Å². The number of benzene rings is 1. The van der Waals surface area contributed by atoms with Crippen molar-refractivity contribution in [3.8, 4) is 0 Å². The lowest BCUT2D eigenvalue weighted by Gasteiger charge is -2.16. The normalized spacial score (nSPS) is 14.5. The first kappa shape index (κ1) is 13.0. The minimum absolute atomic E-state index is 0.661. The molecule has 1 aromatic carbocycles. The summed E-state index contributed by atoms with van der Waals surface area (Å²) in [6.45, 7) is 4.67. The molecule has 1 aliphatic heterocycles. The number of rotatable bonds is 2. The number of aryl methyl sites for hydroxylation is 1. The zero-order chi connectivity index (χ0) is 13.4. The summed E-state index contributed by atoms with van der Waals surface area (Å²) in [4.78, 5) is 0. The summed E-state index contributed by atoms with van der Waals surface area (Å²) in [7, 11) is 0. The van der Waals surface area contributed by atoms with E-state index >= 15 is 0 Å². The Bertz CT molecular complexity index is 619. The fraction of sp³-hybridized carbons (Fsp3) is 0.357. The molecule has 0 spiro atoms. The highest BCUT2D eigenvalue weighted by molar-refractivity contribution is 6.35. The molecule has 0 amide bonds. The second kappa shape index (κ2) is 5.16. The van der Waals surface area contributed by atoms with Gasteiger partial charge in [0.1, 0.15) is 0 Å². The number of nitrogens with zero attached hydrogens (tertiary/aromatic N) is 2. The van der Waals surface area contributed by atoms with Crippen molar-refractivity contribution >= 4 is 23.2 Å². The number of hydrogen-bond donors (Lipinski definition) is 1. The Morgan fingerprint density at radius 2 is 2.21 bits per heavy atom. The molecule has 0 saturated heterocycles. The van der Waals surface area contributed by atoms with Crippen molar-refractivity contribution in [2.75, 3.05) is 6.54 Å². The molecular weight excluding hydrogens is 281 g/mol. The van der Waals surface area contributed by atoms with Crippen LogP contribution in [0.5, 0.6) is 0 Å². The highest BCUT2D eigenvalue weighted by atomic mass is 35.5. The van der Waals surface area contributed by atoms with Crippen LogP contribution in [0, 0.1) is 6.92 Å². The predicted molar refractivity (Wildman–Crippen MR) is 77.9 cm³/mol. The van der Waals surface area contributed by atoms with Crippen molar-refractivity contribution in [2.45, 2.75) is 26.4 Å². The Morgan fingerprint density at radius 1 is 1.37 bits per heavy atom. The van der Waals surface area contributed by atoms with E-state index in [0.29, 0.717) is 16.6 Å². The lowest BCUT2D eigenvalue weighted by molar-refractivity contribution is 0.570. The molecule has 0 unspecified atom stereocenters. The Hall–Kier alpha value is -1.03. The first-order valence-electron chi connectivity index (χ1n) is 6.35. The van der Waals surface area contributed by atoms with Crippen LogP contribution in [-0.4, -0.2) is 16.3 Å². The molecule has 0 aliphatic carbocycles. The highest BCUT2D eigenvalue weighted by Gasteiger charge is 2.18. The topological polar surface area (TPSA) is 29.9 Å². The molecule has 19 heavy (non-hydrogen) atoms. The fourth-order valence-electron chi connectivity index (χ4n) is 2.55. The molecular formula is C14H15Cl2N3. The molecule has 100 valence electrons. The number of nitrogens with one attached hydrogen (secondary N) is 1. The SMILES string of the molecule is Cc1nn(Cc2ccc(Cl)cc2Cl)c2c1CCNC2. The van der Waals surface area contributed by atoms with E-state index in [2.05, 4.69) is 17.3 Å². The van der Waals surface area contributed by atoms with Gasteiger partial charge in [0.05, 0.1) is 17.9 Å². The molecule has 0 bridgehead atoms. The van der Waals surface area contributed by atoms with Crippen LogP contribution in [-0.2, 0) is 19.5 Å². The molecule has 1 aliphatic rings. The van der Waals surface area contributed by atoms with E-state index in [0.717, 1.165) is 30.8 Å². The third-order valence-corrected chi connectivity index (χ3v) is 4.13. The summed E-state index contributed by atoms with van der Waals surface area (Å²) in [6.07, 6.45) is 1.05. The monoisotopic (exact) mass is 295 g/mol. The van der Waals surface area contributed by atoms with E-state index in [1.807, 2.05) is 16.8 Å². The largest absolute Gasteiger partial charge is 0.311 e. The standard InChI is InChI=1S/C14H15Cl2N3/c1-9-12-4-5-17-7-14(12)19(18-9)8-10-2-3-11(15)6-13(10)16/h2-3,6,17H,4-5,7-8H2,1H3. The Balaban J connectivity index is 1.95. The average molecular weight is 296 g/mol.